The van der Waals surface area contributed by atoms with Gasteiger partial charge in [-0.2, -0.15) is 12.6 Å². The summed E-state index contributed by atoms with van der Waals surface area (Å²) in [4.78, 5) is 0. The summed E-state index contributed by atoms with van der Waals surface area (Å²) in [5, 5.41) is 0. The second-order valence-corrected chi connectivity index (χ2v) is 15.8. The summed E-state index contributed by atoms with van der Waals surface area (Å²) in [7, 11) is 0.713. The number of hydrogen-bond donors (Lipinski definition) is 1. The van der Waals surface area contributed by atoms with Crippen molar-refractivity contribution in [3.63, 3.8) is 0 Å². The second kappa shape index (κ2) is 6.72. The molecule has 0 aromatic heterocycles. The van der Waals surface area contributed by atoms with Gasteiger partial charge >= 0.3 is 8.80 Å². The lowest BCUT2D eigenvalue weighted by Gasteiger charge is -2.49. The van der Waals surface area contributed by atoms with Crippen LogP contribution in [0.15, 0.2) is 0 Å². The molecule has 0 fully saturated rings. The summed E-state index contributed by atoms with van der Waals surface area (Å²) in [6.07, 6.45) is 0. The number of thiol groups is 1. The second-order valence-electron chi connectivity index (χ2n) is 4.58. The predicted octanol–water partition coefficient (Wildman–Crippen LogP) is 3.14. The van der Waals surface area contributed by atoms with Crippen LogP contribution in [-0.4, -0.2) is 42.2 Å². The molecule has 0 spiro atoms. The lowest BCUT2D eigenvalue weighted by molar-refractivity contribution is 0.117. The fourth-order valence-corrected chi connectivity index (χ4v) is 15.6. The molecule has 17 heavy (non-hydrogen) atoms. The molecule has 0 bridgehead atoms. The summed E-state index contributed by atoms with van der Waals surface area (Å²) < 4.78 is 16.7. The summed E-state index contributed by atoms with van der Waals surface area (Å²) in [5.41, 5.74) is 0. The van der Waals surface area contributed by atoms with Gasteiger partial charge in [0.25, 0.3) is 0 Å². The van der Waals surface area contributed by atoms with Gasteiger partial charge in [-0.3, -0.25) is 0 Å². The Morgan fingerprint density at radius 2 is 1.18 bits per heavy atom. The summed E-state index contributed by atoms with van der Waals surface area (Å²) in [6, 6.07) is 3.51. The first-order chi connectivity index (χ1) is 7.86. The van der Waals surface area contributed by atoms with Gasteiger partial charge in [0, 0.05) is 21.3 Å². The highest BCUT2D eigenvalue weighted by atomic mass is 32.1. The van der Waals surface area contributed by atoms with Crippen molar-refractivity contribution in [3.8, 4) is 0 Å². The van der Waals surface area contributed by atoms with Crippen molar-refractivity contribution in [2.24, 2.45) is 0 Å². The van der Waals surface area contributed by atoms with Crippen LogP contribution in [-0.2, 0) is 13.3 Å². The van der Waals surface area contributed by atoms with Gasteiger partial charge in [0.2, 0.25) is 0 Å². The molecular weight excluding hydrogens is 268 g/mol. The van der Waals surface area contributed by atoms with Crippen LogP contribution in [0.25, 0.3) is 0 Å². The van der Waals surface area contributed by atoms with Gasteiger partial charge in [0.15, 0.2) is 0 Å². The van der Waals surface area contributed by atoms with Crippen LogP contribution >= 0.6 is 12.6 Å². The minimum atomic E-state index is -2.72. The fraction of sp³-hybridized carbons (Fsp3) is 1.00. The molecule has 0 saturated carbocycles. The van der Waals surface area contributed by atoms with Crippen LogP contribution in [0.2, 0.25) is 18.1 Å². The van der Waals surface area contributed by atoms with Crippen LogP contribution < -0.4 is 0 Å². The zero-order chi connectivity index (χ0) is 13.7. The summed E-state index contributed by atoms with van der Waals surface area (Å²) in [6.45, 7) is 8.93. The van der Waals surface area contributed by atoms with Gasteiger partial charge < -0.3 is 13.3 Å². The summed E-state index contributed by atoms with van der Waals surface area (Å²) in [5.74, 6) is 0. The predicted molar refractivity (Wildman–Crippen MR) is 81.4 cm³/mol. The molecule has 3 nitrogen and oxygen atoms in total. The normalized spacial score (nSPS) is 16.9. The smallest absolute Gasteiger partial charge is 0.376 e. The van der Waals surface area contributed by atoms with Crippen LogP contribution in [0.4, 0.5) is 0 Å². The Kier molecular flexibility index (Phi) is 6.98. The van der Waals surface area contributed by atoms with E-state index in [0.717, 1.165) is 0 Å². The highest BCUT2D eigenvalue weighted by molar-refractivity contribution is 7.86. The van der Waals surface area contributed by atoms with E-state index in [9.17, 15) is 0 Å². The quantitative estimate of drug-likeness (QED) is 0.551. The van der Waals surface area contributed by atoms with E-state index in [1.807, 2.05) is 0 Å². The van der Waals surface area contributed by atoms with Crippen molar-refractivity contribution >= 4 is 29.5 Å². The lowest BCUT2D eigenvalue weighted by Crippen LogP contribution is -2.71. The Hall–Kier alpha value is 0.664. The van der Waals surface area contributed by atoms with Crippen LogP contribution in [0, 0.1) is 0 Å². The zero-order valence-corrected chi connectivity index (χ0v) is 15.2. The third-order valence-corrected chi connectivity index (χ3v) is 18.2. The lowest BCUT2D eigenvalue weighted by atomic mass is 10.9. The standard InChI is InChI=1S/C11H28O3SSi2/c1-8-16(9-2,10-3)11(4,15)17(12-5,13-6)14-7/h15H,8-10H2,1-7H3/t11-/m0/s1. The number of hydrogen-bond acceptors (Lipinski definition) is 4. The minimum absolute atomic E-state index is 0.267. The Balaban J connectivity index is 5.60. The molecule has 0 N–H and O–H groups in total. The topological polar surface area (TPSA) is 27.7 Å². The maximum absolute atomic E-state index is 5.67. The van der Waals surface area contributed by atoms with Crippen molar-refractivity contribution in [1.29, 1.82) is 0 Å². The molecule has 0 rings (SSSR count). The largest absolute Gasteiger partial charge is 0.513 e. The van der Waals surface area contributed by atoms with E-state index >= 15 is 0 Å². The SMILES string of the molecule is CC[Si](CC)(CC)[C@](C)(S)[Si](OC)(OC)OC. The van der Waals surface area contributed by atoms with E-state index in [0.29, 0.717) is 0 Å². The van der Waals surface area contributed by atoms with E-state index < -0.39 is 16.9 Å². The van der Waals surface area contributed by atoms with Crippen LogP contribution in [0.3, 0.4) is 0 Å². The Morgan fingerprint density at radius 3 is 1.35 bits per heavy atom. The van der Waals surface area contributed by atoms with Gasteiger partial charge in [-0.05, 0) is 6.92 Å². The van der Waals surface area contributed by atoms with Gasteiger partial charge in [-0.1, -0.05) is 38.9 Å². The van der Waals surface area contributed by atoms with Gasteiger partial charge in [0.05, 0.1) is 12.1 Å². The maximum atomic E-state index is 5.67. The van der Waals surface area contributed by atoms with Crippen molar-refractivity contribution in [2.75, 3.05) is 21.3 Å². The minimum Gasteiger partial charge on any atom is -0.376 e. The van der Waals surface area contributed by atoms with Crippen molar-refractivity contribution < 1.29 is 13.3 Å². The molecule has 0 heterocycles. The average molecular weight is 297 g/mol. The van der Waals surface area contributed by atoms with E-state index in [1.54, 1.807) is 21.3 Å². The third kappa shape index (κ3) is 2.67. The van der Waals surface area contributed by atoms with Crippen LogP contribution in [0.5, 0.6) is 0 Å². The molecule has 0 aromatic rings. The highest BCUT2D eigenvalue weighted by Crippen LogP contribution is 2.43. The van der Waals surface area contributed by atoms with Crippen molar-refractivity contribution in [2.45, 2.75) is 49.8 Å². The number of rotatable bonds is 8. The van der Waals surface area contributed by atoms with E-state index in [4.69, 9.17) is 25.9 Å². The molecule has 0 aliphatic rings. The fourth-order valence-electron chi connectivity index (χ4n) is 2.95. The first-order valence-corrected chi connectivity index (χ1v) is 11.0. The Morgan fingerprint density at radius 1 is 0.882 bits per heavy atom. The molecule has 0 aliphatic carbocycles. The molecular formula is C11H28O3SSi2. The highest BCUT2D eigenvalue weighted by Gasteiger charge is 2.64. The maximum Gasteiger partial charge on any atom is 0.513 e. The zero-order valence-electron chi connectivity index (χ0n) is 12.3. The molecule has 104 valence electrons. The van der Waals surface area contributed by atoms with E-state index in [1.165, 1.54) is 18.1 Å². The summed E-state index contributed by atoms with van der Waals surface area (Å²) >= 11 is 4.98. The molecule has 0 saturated heterocycles. The molecule has 6 heteroatoms. The first-order valence-electron chi connectivity index (χ1n) is 6.24. The average Bonchev–Trinajstić information content (AvgIpc) is 2.34. The van der Waals surface area contributed by atoms with E-state index in [2.05, 4.69) is 27.7 Å². The van der Waals surface area contributed by atoms with Crippen LogP contribution in [0.1, 0.15) is 27.7 Å². The molecule has 1 atom stereocenters. The van der Waals surface area contributed by atoms with Gasteiger partial charge in [-0.25, -0.2) is 0 Å². The Bertz CT molecular complexity index is 190. The first kappa shape index (κ1) is 17.7. The molecule has 0 radical (unpaired) electrons. The molecule has 0 amide bonds. The van der Waals surface area contributed by atoms with E-state index in [-0.39, 0.29) is 3.99 Å². The van der Waals surface area contributed by atoms with Crippen molar-refractivity contribution in [3.05, 3.63) is 0 Å². The van der Waals surface area contributed by atoms with Crippen molar-refractivity contribution in [1.82, 2.24) is 0 Å². The molecule has 0 aromatic carbocycles. The van der Waals surface area contributed by atoms with Gasteiger partial charge in [-0.15, -0.1) is 0 Å². The third-order valence-electron chi connectivity index (χ3n) is 4.47. The monoisotopic (exact) mass is 296 g/mol. The molecule has 0 unspecified atom stereocenters. The Labute approximate surface area is 114 Å². The van der Waals surface area contributed by atoms with Gasteiger partial charge in [0.1, 0.15) is 0 Å². The molecule has 0 aliphatic heterocycles.